The molecule has 31 heavy (non-hydrogen) atoms. The summed E-state index contributed by atoms with van der Waals surface area (Å²) in [5.74, 6) is -0.399. The number of nitrogens with zero attached hydrogens (tertiary/aromatic N) is 1. The van der Waals surface area contributed by atoms with Crippen LogP contribution in [0.15, 0.2) is 65.6 Å². The van der Waals surface area contributed by atoms with E-state index < -0.39 is 15.9 Å². The molecular weight excluding hydrogens is 408 g/mol. The smallest absolute Gasteiger partial charge is 0.264 e. The molecule has 0 aliphatic rings. The highest BCUT2D eigenvalue weighted by Gasteiger charge is 2.28. The molecule has 3 aromatic rings. The van der Waals surface area contributed by atoms with Crippen molar-refractivity contribution in [1.29, 1.82) is 0 Å². The molecule has 1 N–H and O–H groups in total. The maximum absolute atomic E-state index is 13.6. The minimum atomic E-state index is -3.94. The minimum Gasteiger partial charge on any atom is -0.324 e. The summed E-state index contributed by atoms with van der Waals surface area (Å²) in [6.07, 6.45) is 0. The van der Waals surface area contributed by atoms with Crippen molar-refractivity contribution < 1.29 is 13.2 Å². The highest BCUT2D eigenvalue weighted by atomic mass is 32.2. The van der Waals surface area contributed by atoms with Crippen molar-refractivity contribution in [2.24, 2.45) is 0 Å². The predicted octanol–water partition coefficient (Wildman–Crippen LogP) is 5.06. The largest absolute Gasteiger partial charge is 0.324 e. The Morgan fingerprint density at radius 2 is 1.48 bits per heavy atom. The van der Waals surface area contributed by atoms with E-state index in [0.717, 1.165) is 27.8 Å². The first-order valence-electron chi connectivity index (χ1n) is 10.1. The fraction of sp³-hybridized carbons (Fsp3) is 0.240. The Morgan fingerprint density at radius 1 is 0.839 bits per heavy atom. The molecule has 162 valence electrons. The van der Waals surface area contributed by atoms with Crippen LogP contribution in [0.2, 0.25) is 0 Å². The lowest BCUT2D eigenvalue weighted by atomic mass is 10.1. The van der Waals surface area contributed by atoms with Crippen LogP contribution in [0.3, 0.4) is 0 Å². The molecule has 0 radical (unpaired) electrons. The molecule has 0 aromatic heterocycles. The van der Waals surface area contributed by atoms with Gasteiger partial charge in [-0.15, -0.1) is 0 Å². The fourth-order valence-corrected chi connectivity index (χ4v) is 4.90. The number of hydrogen-bond acceptors (Lipinski definition) is 3. The molecule has 0 atom stereocenters. The molecule has 3 aromatic carbocycles. The number of nitrogens with one attached hydrogen (secondary N) is 1. The average molecular weight is 437 g/mol. The van der Waals surface area contributed by atoms with Gasteiger partial charge in [0.1, 0.15) is 6.54 Å². The standard InChI is InChI=1S/C25H28N2O3S/c1-17-9-12-22(13-10-17)31(29,30)27(24-8-6-7-19(3)21(24)5)16-25(28)26-23-14-11-18(2)15-20(23)4/h6-15H,16H2,1-5H3,(H,26,28). The summed E-state index contributed by atoms with van der Waals surface area (Å²) in [6.45, 7) is 9.25. The summed E-state index contributed by atoms with van der Waals surface area (Å²) in [5.41, 5.74) is 5.92. The maximum Gasteiger partial charge on any atom is 0.264 e. The van der Waals surface area contributed by atoms with Gasteiger partial charge in [0.25, 0.3) is 10.0 Å². The van der Waals surface area contributed by atoms with Crippen LogP contribution < -0.4 is 9.62 Å². The second-order valence-corrected chi connectivity index (χ2v) is 9.77. The van der Waals surface area contributed by atoms with Crippen LogP contribution in [-0.4, -0.2) is 20.9 Å². The Hall–Kier alpha value is -3.12. The first-order chi connectivity index (χ1) is 14.6. The van der Waals surface area contributed by atoms with Gasteiger partial charge >= 0.3 is 0 Å². The number of carbonyl (C=O) groups excluding carboxylic acids is 1. The predicted molar refractivity (Wildman–Crippen MR) is 126 cm³/mol. The van der Waals surface area contributed by atoms with Gasteiger partial charge in [-0.1, -0.05) is 47.5 Å². The quantitative estimate of drug-likeness (QED) is 0.587. The molecule has 0 saturated heterocycles. The van der Waals surface area contributed by atoms with E-state index >= 15 is 0 Å². The van der Waals surface area contributed by atoms with Crippen molar-refractivity contribution in [2.75, 3.05) is 16.2 Å². The van der Waals surface area contributed by atoms with Gasteiger partial charge in [0.15, 0.2) is 0 Å². The second kappa shape index (κ2) is 8.94. The molecular formula is C25H28N2O3S. The first-order valence-corrected chi connectivity index (χ1v) is 11.6. The number of anilines is 2. The summed E-state index contributed by atoms with van der Waals surface area (Å²) >= 11 is 0. The minimum absolute atomic E-state index is 0.151. The van der Waals surface area contributed by atoms with Gasteiger partial charge in [0.05, 0.1) is 10.6 Å². The van der Waals surface area contributed by atoms with E-state index in [4.69, 9.17) is 0 Å². The molecule has 6 heteroatoms. The molecule has 0 fully saturated rings. The van der Waals surface area contributed by atoms with Gasteiger partial charge in [-0.2, -0.15) is 0 Å². The Morgan fingerprint density at radius 3 is 2.13 bits per heavy atom. The third-order valence-corrected chi connectivity index (χ3v) is 7.17. The zero-order chi connectivity index (χ0) is 22.8. The SMILES string of the molecule is Cc1ccc(S(=O)(=O)N(CC(=O)Nc2ccc(C)cc2C)c2cccc(C)c2C)cc1. The lowest BCUT2D eigenvalue weighted by molar-refractivity contribution is -0.114. The van der Waals surface area contributed by atoms with E-state index in [-0.39, 0.29) is 11.4 Å². The van der Waals surface area contributed by atoms with Gasteiger partial charge in [-0.05, 0) is 75.6 Å². The number of benzene rings is 3. The highest BCUT2D eigenvalue weighted by Crippen LogP contribution is 2.29. The van der Waals surface area contributed by atoms with E-state index in [1.807, 2.05) is 58.9 Å². The van der Waals surface area contributed by atoms with E-state index in [2.05, 4.69) is 5.32 Å². The molecule has 0 aliphatic carbocycles. The molecule has 3 rings (SSSR count). The van der Waals surface area contributed by atoms with Crippen molar-refractivity contribution >= 4 is 27.3 Å². The van der Waals surface area contributed by atoms with Crippen LogP contribution in [0.5, 0.6) is 0 Å². The van der Waals surface area contributed by atoms with Gasteiger partial charge in [-0.3, -0.25) is 9.10 Å². The van der Waals surface area contributed by atoms with Crippen molar-refractivity contribution in [1.82, 2.24) is 0 Å². The average Bonchev–Trinajstić information content (AvgIpc) is 2.71. The molecule has 1 amide bonds. The number of aryl methyl sites for hydroxylation is 4. The monoisotopic (exact) mass is 436 g/mol. The summed E-state index contributed by atoms with van der Waals surface area (Å²) in [5, 5.41) is 2.86. The van der Waals surface area contributed by atoms with Gasteiger partial charge in [-0.25, -0.2) is 8.42 Å². The number of amides is 1. The van der Waals surface area contributed by atoms with Gasteiger partial charge < -0.3 is 5.32 Å². The molecule has 0 saturated carbocycles. The van der Waals surface area contributed by atoms with Crippen molar-refractivity contribution in [3.8, 4) is 0 Å². The lowest BCUT2D eigenvalue weighted by Crippen LogP contribution is -2.38. The van der Waals surface area contributed by atoms with Crippen LogP contribution >= 0.6 is 0 Å². The zero-order valence-electron chi connectivity index (χ0n) is 18.6. The summed E-state index contributed by atoms with van der Waals surface area (Å²) in [7, 11) is -3.94. The van der Waals surface area contributed by atoms with E-state index in [1.54, 1.807) is 36.4 Å². The number of carbonyl (C=O) groups is 1. The molecule has 0 unspecified atom stereocenters. The lowest BCUT2D eigenvalue weighted by Gasteiger charge is -2.26. The van der Waals surface area contributed by atoms with Crippen molar-refractivity contribution in [2.45, 2.75) is 39.5 Å². The van der Waals surface area contributed by atoms with Crippen LogP contribution in [0.1, 0.15) is 27.8 Å². The molecule has 0 aliphatic heterocycles. The number of sulfonamides is 1. The second-order valence-electron chi connectivity index (χ2n) is 7.91. The highest BCUT2D eigenvalue weighted by molar-refractivity contribution is 7.92. The van der Waals surface area contributed by atoms with E-state index in [1.165, 1.54) is 4.31 Å². The third kappa shape index (κ3) is 4.97. The summed E-state index contributed by atoms with van der Waals surface area (Å²) < 4.78 is 28.3. The van der Waals surface area contributed by atoms with Crippen molar-refractivity contribution in [3.63, 3.8) is 0 Å². The number of hydrogen-bond donors (Lipinski definition) is 1. The van der Waals surface area contributed by atoms with Gasteiger partial charge in [0.2, 0.25) is 5.91 Å². The third-order valence-electron chi connectivity index (χ3n) is 5.40. The molecule has 0 heterocycles. The van der Waals surface area contributed by atoms with E-state index in [0.29, 0.717) is 11.4 Å². The molecule has 0 bridgehead atoms. The maximum atomic E-state index is 13.6. The Bertz CT molecular complexity index is 1220. The van der Waals surface area contributed by atoms with Crippen LogP contribution in [0.4, 0.5) is 11.4 Å². The first kappa shape index (κ1) is 22.6. The fourth-order valence-electron chi connectivity index (χ4n) is 3.42. The van der Waals surface area contributed by atoms with E-state index in [9.17, 15) is 13.2 Å². The molecule has 5 nitrogen and oxygen atoms in total. The normalized spacial score (nSPS) is 11.3. The zero-order valence-corrected chi connectivity index (χ0v) is 19.4. The van der Waals surface area contributed by atoms with Gasteiger partial charge in [0, 0.05) is 5.69 Å². The Kier molecular flexibility index (Phi) is 6.51. The number of rotatable bonds is 6. The van der Waals surface area contributed by atoms with Crippen LogP contribution in [-0.2, 0) is 14.8 Å². The summed E-state index contributed by atoms with van der Waals surface area (Å²) in [4.78, 5) is 13.1. The summed E-state index contributed by atoms with van der Waals surface area (Å²) in [6, 6.07) is 17.8. The molecule has 0 spiro atoms. The van der Waals surface area contributed by atoms with Crippen molar-refractivity contribution in [3.05, 3.63) is 88.5 Å². The Balaban J connectivity index is 2.00. The van der Waals surface area contributed by atoms with Crippen LogP contribution in [0.25, 0.3) is 0 Å². The Labute approximate surface area is 184 Å². The topological polar surface area (TPSA) is 66.5 Å². The van der Waals surface area contributed by atoms with Crippen LogP contribution in [0, 0.1) is 34.6 Å².